The van der Waals surface area contributed by atoms with E-state index in [1.807, 2.05) is 67.1 Å². The van der Waals surface area contributed by atoms with Crippen molar-refractivity contribution in [3.05, 3.63) is 76.8 Å². The second-order valence-electron chi connectivity index (χ2n) is 7.33. The zero-order valence-electron chi connectivity index (χ0n) is 17.8. The molecule has 0 spiro atoms. The van der Waals surface area contributed by atoms with E-state index in [0.29, 0.717) is 28.1 Å². The summed E-state index contributed by atoms with van der Waals surface area (Å²) in [6, 6.07) is 13.6. The number of rotatable bonds is 6. The lowest BCUT2D eigenvalue weighted by Gasteiger charge is -2.17. The molecule has 0 saturated carbocycles. The van der Waals surface area contributed by atoms with Crippen LogP contribution in [0.2, 0.25) is 5.02 Å². The monoisotopic (exact) mass is 434 g/mol. The summed E-state index contributed by atoms with van der Waals surface area (Å²) in [6.45, 7) is 5.99. The van der Waals surface area contributed by atoms with Gasteiger partial charge in [-0.3, -0.25) is 0 Å². The molecule has 0 aliphatic heterocycles. The molecule has 1 aromatic carbocycles. The van der Waals surface area contributed by atoms with Crippen molar-refractivity contribution in [2.24, 2.45) is 0 Å². The molecule has 0 aliphatic rings. The molecule has 7 nitrogen and oxygen atoms in total. The minimum atomic E-state index is 0.0358. The van der Waals surface area contributed by atoms with Crippen LogP contribution in [-0.2, 0) is 0 Å². The zero-order chi connectivity index (χ0) is 22.0. The highest BCUT2D eigenvalue weighted by molar-refractivity contribution is 6.30. The van der Waals surface area contributed by atoms with E-state index < -0.39 is 0 Å². The molecule has 1 N–H and O–H groups in total. The number of hydrogen-bond acceptors (Lipinski definition) is 6. The number of methoxy groups -OCH3 is 1. The molecule has 4 aromatic rings. The van der Waals surface area contributed by atoms with Crippen LogP contribution in [-0.4, -0.2) is 31.8 Å². The van der Waals surface area contributed by atoms with Gasteiger partial charge in [0, 0.05) is 11.2 Å². The van der Waals surface area contributed by atoms with Gasteiger partial charge in [-0.05, 0) is 62.2 Å². The topological polar surface area (TPSA) is 77.8 Å². The van der Waals surface area contributed by atoms with Crippen molar-refractivity contribution < 1.29 is 4.74 Å². The van der Waals surface area contributed by atoms with Gasteiger partial charge < -0.3 is 14.6 Å². The molecule has 0 radical (unpaired) electrons. The summed E-state index contributed by atoms with van der Waals surface area (Å²) < 4.78 is 7.39. The van der Waals surface area contributed by atoms with Crippen LogP contribution in [0.1, 0.15) is 29.8 Å². The van der Waals surface area contributed by atoms with Crippen molar-refractivity contribution in [1.29, 1.82) is 0 Å². The molecule has 0 aliphatic carbocycles. The maximum absolute atomic E-state index is 6.11. The first-order valence-electron chi connectivity index (χ1n) is 9.87. The minimum absolute atomic E-state index is 0.0358. The Labute approximate surface area is 186 Å². The van der Waals surface area contributed by atoms with E-state index in [2.05, 4.69) is 32.4 Å². The normalized spacial score (nSPS) is 11.9. The SMILES string of the molecule is COc1nc(-c2cc(C)c(NC(C)c3cccc(Cl)c3)nn2)ccc1-n1cnc(C)c1. The molecule has 0 saturated heterocycles. The zero-order valence-corrected chi connectivity index (χ0v) is 18.6. The molecule has 3 heterocycles. The van der Waals surface area contributed by atoms with E-state index >= 15 is 0 Å². The molecule has 8 heteroatoms. The molecule has 0 amide bonds. The number of aryl methyl sites for hydroxylation is 2. The molecule has 1 atom stereocenters. The maximum atomic E-state index is 6.11. The number of benzene rings is 1. The Kier molecular flexibility index (Phi) is 5.86. The summed E-state index contributed by atoms with van der Waals surface area (Å²) in [6.07, 6.45) is 3.66. The van der Waals surface area contributed by atoms with Gasteiger partial charge in [0.1, 0.15) is 11.4 Å². The Morgan fingerprint density at radius 2 is 1.90 bits per heavy atom. The van der Waals surface area contributed by atoms with Gasteiger partial charge in [0.2, 0.25) is 5.88 Å². The Bertz CT molecular complexity index is 1220. The molecular weight excluding hydrogens is 412 g/mol. The summed E-state index contributed by atoms with van der Waals surface area (Å²) in [5, 5.41) is 12.9. The van der Waals surface area contributed by atoms with Crippen LogP contribution in [0.3, 0.4) is 0 Å². The number of anilines is 1. The number of halogens is 1. The second kappa shape index (κ2) is 8.73. The second-order valence-corrected chi connectivity index (χ2v) is 7.77. The first-order chi connectivity index (χ1) is 14.9. The van der Waals surface area contributed by atoms with Gasteiger partial charge in [-0.15, -0.1) is 10.2 Å². The molecular formula is C23H23ClN6O. The predicted octanol–water partition coefficient (Wildman–Crippen LogP) is 5.18. The minimum Gasteiger partial charge on any atom is -0.479 e. The summed E-state index contributed by atoms with van der Waals surface area (Å²) >= 11 is 6.11. The Hall–Kier alpha value is -3.45. The molecule has 1 unspecified atom stereocenters. The van der Waals surface area contributed by atoms with E-state index in [-0.39, 0.29) is 6.04 Å². The number of pyridine rings is 1. The van der Waals surface area contributed by atoms with Crippen LogP contribution < -0.4 is 10.1 Å². The predicted molar refractivity (Wildman–Crippen MR) is 122 cm³/mol. The quantitative estimate of drug-likeness (QED) is 0.450. The van der Waals surface area contributed by atoms with E-state index in [0.717, 1.165) is 22.5 Å². The van der Waals surface area contributed by atoms with E-state index in [4.69, 9.17) is 16.3 Å². The number of nitrogens with zero attached hydrogens (tertiary/aromatic N) is 5. The number of ether oxygens (including phenoxy) is 1. The summed E-state index contributed by atoms with van der Waals surface area (Å²) in [5.74, 6) is 1.21. The Morgan fingerprint density at radius 3 is 2.58 bits per heavy atom. The lowest BCUT2D eigenvalue weighted by Crippen LogP contribution is -2.10. The van der Waals surface area contributed by atoms with E-state index in [1.165, 1.54) is 0 Å². The average Bonchev–Trinajstić information content (AvgIpc) is 3.20. The molecule has 4 rings (SSSR count). The number of hydrogen-bond donors (Lipinski definition) is 1. The molecule has 31 heavy (non-hydrogen) atoms. The highest BCUT2D eigenvalue weighted by Gasteiger charge is 2.14. The van der Waals surface area contributed by atoms with Crippen LogP contribution in [0.5, 0.6) is 5.88 Å². The van der Waals surface area contributed by atoms with Crippen LogP contribution in [0, 0.1) is 13.8 Å². The van der Waals surface area contributed by atoms with Gasteiger partial charge in [0.25, 0.3) is 0 Å². The fourth-order valence-electron chi connectivity index (χ4n) is 3.29. The van der Waals surface area contributed by atoms with Gasteiger partial charge >= 0.3 is 0 Å². The standard InChI is InChI=1S/C23H23ClN6O/c1-14-10-20(28-29-22(14)26-16(3)17-6-5-7-18(24)11-17)19-8-9-21(23(27-19)31-4)30-12-15(2)25-13-30/h5-13,16H,1-4H3,(H,26,29). The van der Waals surface area contributed by atoms with Crippen LogP contribution in [0.4, 0.5) is 5.82 Å². The molecule has 0 fully saturated rings. The van der Waals surface area contributed by atoms with E-state index in [9.17, 15) is 0 Å². The summed E-state index contributed by atoms with van der Waals surface area (Å²) in [4.78, 5) is 8.89. The van der Waals surface area contributed by atoms with Crippen molar-refractivity contribution in [2.45, 2.75) is 26.8 Å². The van der Waals surface area contributed by atoms with Gasteiger partial charge in [-0.1, -0.05) is 23.7 Å². The first-order valence-corrected chi connectivity index (χ1v) is 10.2. The van der Waals surface area contributed by atoms with Gasteiger partial charge in [0.15, 0.2) is 5.82 Å². The van der Waals surface area contributed by atoms with Crippen LogP contribution in [0.15, 0.2) is 55.0 Å². The third-order valence-corrected chi connectivity index (χ3v) is 5.21. The smallest absolute Gasteiger partial charge is 0.238 e. The van der Waals surface area contributed by atoms with Crippen molar-refractivity contribution in [2.75, 3.05) is 12.4 Å². The Morgan fingerprint density at radius 1 is 1.06 bits per heavy atom. The Balaban J connectivity index is 1.59. The lowest BCUT2D eigenvalue weighted by atomic mass is 10.1. The van der Waals surface area contributed by atoms with Crippen molar-refractivity contribution in [1.82, 2.24) is 24.7 Å². The van der Waals surface area contributed by atoms with Gasteiger partial charge in [-0.2, -0.15) is 0 Å². The van der Waals surface area contributed by atoms with Gasteiger partial charge in [-0.25, -0.2) is 9.97 Å². The number of nitrogens with one attached hydrogen (secondary N) is 1. The third-order valence-electron chi connectivity index (χ3n) is 4.97. The van der Waals surface area contributed by atoms with E-state index in [1.54, 1.807) is 13.4 Å². The summed E-state index contributed by atoms with van der Waals surface area (Å²) in [7, 11) is 1.60. The lowest BCUT2D eigenvalue weighted by molar-refractivity contribution is 0.396. The van der Waals surface area contributed by atoms with Gasteiger partial charge in [0.05, 0.1) is 30.9 Å². The fraction of sp³-hybridized carbons (Fsp3) is 0.217. The third kappa shape index (κ3) is 4.51. The first kappa shape index (κ1) is 20.8. The highest BCUT2D eigenvalue weighted by atomic mass is 35.5. The molecule has 0 bridgehead atoms. The van der Waals surface area contributed by atoms with Crippen LogP contribution >= 0.6 is 11.6 Å². The molecule has 158 valence electrons. The largest absolute Gasteiger partial charge is 0.479 e. The fourth-order valence-corrected chi connectivity index (χ4v) is 3.49. The highest BCUT2D eigenvalue weighted by Crippen LogP contribution is 2.27. The van der Waals surface area contributed by atoms with Crippen molar-refractivity contribution >= 4 is 17.4 Å². The number of imidazole rings is 1. The van der Waals surface area contributed by atoms with Crippen molar-refractivity contribution in [3.8, 4) is 23.0 Å². The number of aromatic nitrogens is 5. The average molecular weight is 435 g/mol. The summed E-state index contributed by atoms with van der Waals surface area (Å²) in [5.41, 5.74) is 5.13. The van der Waals surface area contributed by atoms with Crippen LogP contribution in [0.25, 0.3) is 17.1 Å². The van der Waals surface area contributed by atoms with Crippen molar-refractivity contribution in [3.63, 3.8) is 0 Å². The molecule has 3 aromatic heterocycles. The maximum Gasteiger partial charge on any atom is 0.238 e.